The Balaban J connectivity index is 1.81. The van der Waals surface area contributed by atoms with Crippen molar-refractivity contribution in [2.45, 2.75) is 13.2 Å². The van der Waals surface area contributed by atoms with Gasteiger partial charge in [0.15, 0.2) is 5.65 Å². The Hall–Kier alpha value is -3.13. The summed E-state index contributed by atoms with van der Waals surface area (Å²) in [5, 5.41) is 12.6. The number of aromatic amines is 1. The van der Waals surface area contributed by atoms with Crippen LogP contribution >= 0.6 is 0 Å². The topological polar surface area (TPSA) is 81.5 Å². The summed E-state index contributed by atoms with van der Waals surface area (Å²) in [5.41, 5.74) is 5.11. The lowest BCUT2D eigenvalue weighted by Crippen LogP contribution is -2.17. The number of hydrogen-bond donors (Lipinski definition) is 1. The van der Waals surface area contributed by atoms with Crippen LogP contribution in [0, 0.1) is 5.95 Å². The lowest BCUT2D eigenvalue weighted by atomic mass is 9.98. The predicted octanol–water partition coefficient (Wildman–Crippen LogP) is 2.55. The number of hydrogen-bond acceptors (Lipinski definition) is 5. The van der Waals surface area contributed by atoms with Crippen LogP contribution in [0.3, 0.4) is 0 Å². The number of nitrogens with zero attached hydrogens (tertiary/aromatic N) is 5. The van der Waals surface area contributed by atoms with Crippen molar-refractivity contribution in [2.75, 3.05) is 6.61 Å². The first-order valence-electron chi connectivity index (χ1n) is 7.89. The molecule has 0 saturated carbocycles. The van der Waals surface area contributed by atoms with Crippen molar-refractivity contribution in [1.29, 1.82) is 0 Å². The van der Waals surface area contributed by atoms with E-state index in [0.717, 1.165) is 33.5 Å². The zero-order valence-corrected chi connectivity index (χ0v) is 13.1. The summed E-state index contributed by atoms with van der Waals surface area (Å²) < 4.78 is 20.8. The average Bonchev–Trinajstić information content (AvgIpc) is 3.26. The van der Waals surface area contributed by atoms with E-state index in [1.165, 1.54) is 12.3 Å². The van der Waals surface area contributed by atoms with Gasteiger partial charge >= 0.3 is 0 Å². The molecular weight excluding hydrogens is 323 g/mol. The van der Waals surface area contributed by atoms with Crippen molar-refractivity contribution in [1.82, 2.24) is 29.9 Å². The van der Waals surface area contributed by atoms with Gasteiger partial charge in [0.1, 0.15) is 5.69 Å². The number of nitrogens with one attached hydrogen (secondary N) is 1. The van der Waals surface area contributed by atoms with Crippen LogP contribution in [0.4, 0.5) is 4.39 Å². The van der Waals surface area contributed by atoms with E-state index in [1.807, 2.05) is 10.7 Å². The summed E-state index contributed by atoms with van der Waals surface area (Å²) in [6, 6.07) is 4.97. The molecule has 124 valence electrons. The van der Waals surface area contributed by atoms with Crippen molar-refractivity contribution in [3.05, 3.63) is 48.4 Å². The summed E-state index contributed by atoms with van der Waals surface area (Å²) in [4.78, 5) is 8.07. The highest BCUT2D eigenvalue weighted by atomic mass is 19.1. The molecule has 7 nitrogen and oxygen atoms in total. The number of fused-ring (bicyclic) bond motifs is 2. The Morgan fingerprint density at radius 1 is 1.16 bits per heavy atom. The Kier molecular flexibility index (Phi) is 3.10. The van der Waals surface area contributed by atoms with Gasteiger partial charge < -0.3 is 4.74 Å². The Labute approximate surface area is 141 Å². The van der Waals surface area contributed by atoms with Crippen LogP contribution in [0.25, 0.3) is 33.4 Å². The molecule has 0 radical (unpaired) electrons. The highest BCUT2D eigenvalue weighted by Crippen LogP contribution is 2.38. The van der Waals surface area contributed by atoms with E-state index < -0.39 is 5.95 Å². The molecule has 4 aromatic rings. The Bertz CT molecular complexity index is 1070. The first-order chi connectivity index (χ1) is 12.3. The van der Waals surface area contributed by atoms with Gasteiger partial charge in [-0.05, 0) is 23.8 Å². The minimum absolute atomic E-state index is 0.471. The molecule has 1 aliphatic heterocycles. The smallest absolute Gasteiger partial charge is 0.212 e. The second-order valence-electron chi connectivity index (χ2n) is 5.81. The molecule has 0 fully saturated rings. The monoisotopic (exact) mass is 336 g/mol. The van der Waals surface area contributed by atoms with Crippen LogP contribution in [-0.2, 0) is 17.9 Å². The molecule has 1 aliphatic rings. The molecule has 0 bridgehead atoms. The maximum Gasteiger partial charge on any atom is 0.212 e. The molecule has 0 aromatic carbocycles. The largest absolute Gasteiger partial charge is 0.373 e. The summed E-state index contributed by atoms with van der Waals surface area (Å²) in [6.45, 7) is 1.77. The van der Waals surface area contributed by atoms with Gasteiger partial charge in [-0.1, -0.05) is 0 Å². The third-order valence-corrected chi connectivity index (χ3v) is 4.37. The fraction of sp³-hybridized carbons (Fsp3) is 0.176. The van der Waals surface area contributed by atoms with Gasteiger partial charge in [-0.3, -0.25) is 9.78 Å². The first kappa shape index (κ1) is 14.2. The van der Waals surface area contributed by atoms with Crippen molar-refractivity contribution >= 4 is 11.0 Å². The molecule has 0 amide bonds. The van der Waals surface area contributed by atoms with Gasteiger partial charge in [0.2, 0.25) is 5.95 Å². The molecular formula is C17H13FN6O. The number of aromatic nitrogens is 6. The standard InChI is InChI=1S/C17H13FN6O/c18-14-2-1-10(7-20-14)16-15(13-9-25-6-5-24(13)23-16)11-3-4-19-17-12(11)8-21-22-17/h1-4,7-8H,5-6,9H2,(H,19,21,22). The van der Waals surface area contributed by atoms with Crippen LogP contribution in [0.5, 0.6) is 0 Å². The van der Waals surface area contributed by atoms with E-state index in [9.17, 15) is 4.39 Å². The van der Waals surface area contributed by atoms with Crippen LogP contribution in [0.15, 0.2) is 36.8 Å². The van der Waals surface area contributed by atoms with Gasteiger partial charge in [-0.2, -0.15) is 14.6 Å². The first-order valence-corrected chi connectivity index (χ1v) is 7.89. The van der Waals surface area contributed by atoms with Gasteiger partial charge in [-0.25, -0.2) is 9.97 Å². The second-order valence-corrected chi connectivity index (χ2v) is 5.81. The fourth-order valence-corrected chi connectivity index (χ4v) is 3.22. The zero-order valence-electron chi connectivity index (χ0n) is 13.1. The molecule has 4 aromatic heterocycles. The highest BCUT2D eigenvalue weighted by molar-refractivity contribution is 5.97. The lowest BCUT2D eigenvalue weighted by Gasteiger charge is -2.15. The van der Waals surface area contributed by atoms with Gasteiger partial charge in [-0.15, -0.1) is 0 Å². The van der Waals surface area contributed by atoms with E-state index in [2.05, 4.69) is 20.2 Å². The Morgan fingerprint density at radius 3 is 3.00 bits per heavy atom. The van der Waals surface area contributed by atoms with E-state index in [1.54, 1.807) is 18.5 Å². The fourth-order valence-electron chi connectivity index (χ4n) is 3.22. The van der Waals surface area contributed by atoms with Crippen molar-refractivity contribution in [2.24, 2.45) is 0 Å². The summed E-state index contributed by atoms with van der Waals surface area (Å²) >= 11 is 0. The second kappa shape index (κ2) is 5.45. The van der Waals surface area contributed by atoms with Crippen LogP contribution in [-0.4, -0.2) is 36.6 Å². The highest BCUT2D eigenvalue weighted by Gasteiger charge is 2.24. The minimum atomic E-state index is -0.515. The molecule has 5 rings (SSSR count). The van der Waals surface area contributed by atoms with Crippen molar-refractivity contribution < 1.29 is 9.13 Å². The maximum atomic E-state index is 13.2. The van der Waals surface area contributed by atoms with Gasteiger partial charge in [0.05, 0.1) is 31.6 Å². The summed E-state index contributed by atoms with van der Waals surface area (Å²) in [6.07, 6.45) is 4.98. The lowest BCUT2D eigenvalue weighted by molar-refractivity contribution is 0.0805. The SMILES string of the molecule is Fc1ccc(-c2nn3c(c2-c2ccnc4[nH]ncc24)COCC3)cn1. The van der Waals surface area contributed by atoms with Crippen LogP contribution < -0.4 is 0 Å². The molecule has 0 atom stereocenters. The Morgan fingerprint density at radius 2 is 2.12 bits per heavy atom. The number of H-pyrrole nitrogens is 1. The molecule has 1 N–H and O–H groups in total. The van der Waals surface area contributed by atoms with Crippen molar-refractivity contribution in [3.8, 4) is 22.4 Å². The molecule has 0 aliphatic carbocycles. The minimum Gasteiger partial charge on any atom is -0.373 e. The van der Waals surface area contributed by atoms with E-state index in [0.29, 0.717) is 25.4 Å². The third kappa shape index (κ3) is 2.22. The molecule has 0 unspecified atom stereocenters. The number of ether oxygens (including phenoxy) is 1. The summed E-state index contributed by atoms with van der Waals surface area (Å²) in [7, 11) is 0. The van der Waals surface area contributed by atoms with Crippen LogP contribution in [0.1, 0.15) is 5.69 Å². The predicted molar refractivity (Wildman–Crippen MR) is 88.0 cm³/mol. The summed E-state index contributed by atoms with van der Waals surface area (Å²) in [5.74, 6) is -0.515. The molecule has 8 heteroatoms. The zero-order chi connectivity index (χ0) is 16.8. The van der Waals surface area contributed by atoms with Crippen LogP contribution in [0.2, 0.25) is 0 Å². The molecule has 5 heterocycles. The van der Waals surface area contributed by atoms with E-state index in [4.69, 9.17) is 9.84 Å². The van der Waals surface area contributed by atoms with E-state index in [-0.39, 0.29) is 0 Å². The molecule has 0 spiro atoms. The molecule has 25 heavy (non-hydrogen) atoms. The number of halogens is 1. The number of rotatable bonds is 2. The van der Waals surface area contributed by atoms with Gasteiger partial charge in [0, 0.05) is 28.9 Å². The van der Waals surface area contributed by atoms with Crippen molar-refractivity contribution in [3.63, 3.8) is 0 Å². The quantitative estimate of drug-likeness (QED) is 0.569. The maximum absolute atomic E-state index is 13.2. The average molecular weight is 336 g/mol. The third-order valence-electron chi connectivity index (χ3n) is 4.37. The van der Waals surface area contributed by atoms with E-state index >= 15 is 0 Å². The molecule has 0 saturated heterocycles. The van der Waals surface area contributed by atoms with Gasteiger partial charge in [0.25, 0.3) is 0 Å². The normalized spacial score (nSPS) is 14.0. The number of pyridine rings is 2.